The molecule has 0 saturated heterocycles. The van der Waals surface area contributed by atoms with E-state index in [1.165, 1.54) is 18.4 Å². The summed E-state index contributed by atoms with van der Waals surface area (Å²) in [7, 11) is 0. The van der Waals surface area contributed by atoms with Crippen LogP contribution < -0.4 is 5.32 Å². The summed E-state index contributed by atoms with van der Waals surface area (Å²) in [5.41, 5.74) is 1.50. The van der Waals surface area contributed by atoms with Crippen LogP contribution in [0.2, 0.25) is 5.02 Å². The number of halogens is 1. The Labute approximate surface area is 190 Å². The number of carbonyl (C=O) groups excluding carboxylic acids is 1. The fourth-order valence-electron chi connectivity index (χ4n) is 4.63. The molecule has 0 bridgehead atoms. The first-order chi connectivity index (χ1) is 15.0. The van der Waals surface area contributed by atoms with E-state index in [0.717, 1.165) is 18.5 Å². The van der Waals surface area contributed by atoms with Crippen LogP contribution in [0.4, 0.5) is 0 Å². The zero-order chi connectivity index (χ0) is 21.8. The molecule has 1 heterocycles. The van der Waals surface area contributed by atoms with Gasteiger partial charge < -0.3 is 10.2 Å². The lowest BCUT2D eigenvalue weighted by atomic mass is 9.78. The van der Waals surface area contributed by atoms with Crippen LogP contribution in [0.15, 0.2) is 59.6 Å². The minimum Gasteiger partial charge on any atom is -0.354 e. The van der Waals surface area contributed by atoms with Crippen LogP contribution in [0.5, 0.6) is 0 Å². The van der Waals surface area contributed by atoms with Gasteiger partial charge in [0.15, 0.2) is 5.54 Å². The standard InChI is InChI=1S/C26H32ClN3O/c1-19(2)16-26(25(31)28-15-14-20-6-4-3-5-7-20)24(22-10-12-23(27)13-11-22)30(18-29-26)17-21-8-9-21/h3-7,10-13,18-19,21,24H,8-9,14-17H2,1-2H3,(H,28,31)/t24-,26+/m0/s1. The van der Waals surface area contributed by atoms with E-state index in [2.05, 4.69) is 36.2 Å². The molecule has 1 amide bonds. The summed E-state index contributed by atoms with van der Waals surface area (Å²) in [6.45, 7) is 5.89. The van der Waals surface area contributed by atoms with Gasteiger partial charge in [-0.2, -0.15) is 0 Å². The zero-order valence-corrected chi connectivity index (χ0v) is 19.2. The van der Waals surface area contributed by atoms with Crippen LogP contribution in [0, 0.1) is 11.8 Å². The van der Waals surface area contributed by atoms with Crippen LogP contribution in [0.1, 0.15) is 50.3 Å². The molecule has 2 aliphatic rings. The van der Waals surface area contributed by atoms with Crippen LogP contribution in [-0.4, -0.2) is 35.8 Å². The second-order valence-corrected chi connectivity index (χ2v) is 9.79. The Morgan fingerprint density at radius 3 is 2.52 bits per heavy atom. The van der Waals surface area contributed by atoms with E-state index in [0.29, 0.717) is 29.8 Å². The average molecular weight is 438 g/mol. The van der Waals surface area contributed by atoms with Crippen LogP contribution in [0.25, 0.3) is 0 Å². The first kappa shape index (κ1) is 21.9. The lowest BCUT2D eigenvalue weighted by Gasteiger charge is -2.38. The second kappa shape index (κ2) is 9.44. The number of nitrogens with zero attached hydrogens (tertiary/aromatic N) is 2. The fourth-order valence-corrected chi connectivity index (χ4v) is 4.76. The summed E-state index contributed by atoms with van der Waals surface area (Å²) in [6, 6.07) is 18.1. The molecule has 164 valence electrons. The lowest BCUT2D eigenvalue weighted by molar-refractivity contribution is -0.128. The van der Waals surface area contributed by atoms with Crippen molar-refractivity contribution in [3.63, 3.8) is 0 Å². The molecule has 1 saturated carbocycles. The molecule has 2 atom stereocenters. The molecule has 2 aromatic rings. The van der Waals surface area contributed by atoms with Gasteiger partial charge in [0.25, 0.3) is 5.91 Å². The van der Waals surface area contributed by atoms with Crippen molar-refractivity contribution in [3.8, 4) is 0 Å². The number of rotatable bonds is 9. The average Bonchev–Trinajstić information content (AvgIpc) is 3.50. The highest BCUT2D eigenvalue weighted by Gasteiger charge is 2.52. The smallest absolute Gasteiger partial charge is 0.250 e. The van der Waals surface area contributed by atoms with E-state index in [1.54, 1.807) is 0 Å². The van der Waals surface area contributed by atoms with Gasteiger partial charge in [-0.05, 0) is 60.8 Å². The molecule has 1 fully saturated rings. The summed E-state index contributed by atoms with van der Waals surface area (Å²) in [5.74, 6) is 1.07. The summed E-state index contributed by atoms with van der Waals surface area (Å²) in [6.07, 6.45) is 5.97. The highest BCUT2D eigenvalue weighted by molar-refractivity contribution is 6.30. The molecule has 4 rings (SSSR count). The third kappa shape index (κ3) is 5.12. The quantitative estimate of drug-likeness (QED) is 0.580. The van der Waals surface area contributed by atoms with Crippen molar-refractivity contribution in [3.05, 3.63) is 70.7 Å². The molecule has 2 aromatic carbocycles. The molecule has 1 aliphatic carbocycles. The number of nitrogens with one attached hydrogen (secondary N) is 1. The maximum absolute atomic E-state index is 13.7. The van der Waals surface area contributed by atoms with Gasteiger partial charge in [-0.1, -0.05) is 67.9 Å². The highest BCUT2D eigenvalue weighted by Crippen LogP contribution is 2.45. The van der Waals surface area contributed by atoms with Gasteiger partial charge in [0.2, 0.25) is 0 Å². The summed E-state index contributed by atoms with van der Waals surface area (Å²) in [5, 5.41) is 3.92. The van der Waals surface area contributed by atoms with Crippen molar-refractivity contribution >= 4 is 23.8 Å². The second-order valence-electron chi connectivity index (χ2n) is 9.35. The summed E-state index contributed by atoms with van der Waals surface area (Å²) in [4.78, 5) is 20.9. The molecule has 1 aliphatic heterocycles. The minimum atomic E-state index is -0.826. The molecule has 1 N–H and O–H groups in total. The van der Waals surface area contributed by atoms with Crippen molar-refractivity contribution in [2.75, 3.05) is 13.1 Å². The van der Waals surface area contributed by atoms with Gasteiger partial charge in [-0.25, -0.2) is 0 Å². The Hall–Kier alpha value is -2.33. The maximum atomic E-state index is 13.7. The van der Waals surface area contributed by atoms with Gasteiger partial charge in [0.1, 0.15) is 0 Å². The molecule has 0 unspecified atom stereocenters. The third-order valence-electron chi connectivity index (χ3n) is 6.23. The monoisotopic (exact) mass is 437 g/mol. The largest absolute Gasteiger partial charge is 0.354 e. The van der Waals surface area contributed by atoms with Crippen LogP contribution in [0.3, 0.4) is 0 Å². The zero-order valence-electron chi connectivity index (χ0n) is 18.4. The number of carbonyl (C=O) groups is 1. The van der Waals surface area contributed by atoms with Gasteiger partial charge in [0, 0.05) is 18.1 Å². The van der Waals surface area contributed by atoms with Crippen molar-refractivity contribution in [1.29, 1.82) is 0 Å². The Morgan fingerprint density at radius 2 is 1.87 bits per heavy atom. The van der Waals surface area contributed by atoms with Gasteiger partial charge >= 0.3 is 0 Å². The molecule has 0 aromatic heterocycles. The lowest BCUT2D eigenvalue weighted by Crippen LogP contribution is -2.52. The first-order valence-electron chi connectivity index (χ1n) is 11.4. The topological polar surface area (TPSA) is 44.7 Å². The normalized spacial score (nSPS) is 22.8. The Balaban J connectivity index is 1.59. The van der Waals surface area contributed by atoms with E-state index in [9.17, 15) is 4.79 Å². The van der Waals surface area contributed by atoms with Crippen molar-refractivity contribution in [2.24, 2.45) is 16.8 Å². The van der Waals surface area contributed by atoms with Gasteiger partial charge in [-0.3, -0.25) is 9.79 Å². The number of aliphatic imine (C=N–C) groups is 1. The number of hydrogen-bond acceptors (Lipinski definition) is 3. The molecular weight excluding hydrogens is 406 g/mol. The number of amides is 1. The van der Waals surface area contributed by atoms with E-state index in [-0.39, 0.29) is 11.9 Å². The van der Waals surface area contributed by atoms with E-state index in [1.807, 2.05) is 48.8 Å². The van der Waals surface area contributed by atoms with Gasteiger partial charge in [-0.15, -0.1) is 0 Å². The summed E-state index contributed by atoms with van der Waals surface area (Å²) < 4.78 is 0. The van der Waals surface area contributed by atoms with E-state index in [4.69, 9.17) is 16.6 Å². The molecule has 4 nitrogen and oxygen atoms in total. The molecule has 5 heteroatoms. The van der Waals surface area contributed by atoms with E-state index >= 15 is 0 Å². The predicted molar refractivity (Wildman–Crippen MR) is 127 cm³/mol. The highest BCUT2D eigenvalue weighted by atomic mass is 35.5. The van der Waals surface area contributed by atoms with Crippen molar-refractivity contribution in [2.45, 2.75) is 51.1 Å². The number of benzene rings is 2. The maximum Gasteiger partial charge on any atom is 0.250 e. The van der Waals surface area contributed by atoms with Crippen molar-refractivity contribution < 1.29 is 4.79 Å². The SMILES string of the molecule is CC(C)C[C@@]1(C(=O)NCCc2ccccc2)N=CN(CC2CC2)[C@H]1c1ccc(Cl)cc1. The van der Waals surface area contributed by atoms with Crippen LogP contribution >= 0.6 is 11.6 Å². The minimum absolute atomic E-state index is 0.0200. The summed E-state index contributed by atoms with van der Waals surface area (Å²) >= 11 is 6.17. The Bertz CT molecular complexity index is 908. The van der Waals surface area contributed by atoms with Gasteiger partial charge in [0.05, 0.1) is 12.4 Å². The fraction of sp³-hybridized carbons (Fsp3) is 0.462. The first-order valence-corrected chi connectivity index (χ1v) is 11.7. The van der Waals surface area contributed by atoms with Crippen molar-refractivity contribution in [1.82, 2.24) is 10.2 Å². The molecule has 31 heavy (non-hydrogen) atoms. The molecule has 0 radical (unpaired) electrons. The number of hydrogen-bond donors (Lipinski definition) is 1. The third-order valence-corrected chi connectivity index (χ3v) is 6.48. The van der Waals surface area contributed by atoms with Crippen LogP contribution in [-0.2, 0) is 11.2 Å². The Morgan fingerprint density at radius 1 is 1.16 bits per heavy atom. The Kier molecular flexibility index (Phi) is 6.66. The van der Waals surface area contributed by atoms with E-state index < -0.39 is 5.54 Å². The molecular formula is C26H32ClN3O. The molecule has 0 spiro atoms. The predicted octanol–water partition coefficient (Wildman–Crippen LogP) is 5.28.